The van der Waals surface area contributed by atoms with E-state index < -0.39 is 12.1 Å². The Hall–Kier alpha value is -1.66. The van der Waals surface area contributed by atoms with Gasteiger partial charge in [0.05, 0.1) is 25.4 Å². The minimum Gasteiger partial charge on any atom is -0.466 e. The maximum absolute atomic E-state index is 12.5. The minimum atomic E-state index is -0.855. The highest BCUT2D eigenvalue weighted by atomic mass is 16.5. The minimum absolute atomic E-state index is 0.00993. The summed E-state index contributed by atoms with van der Waals surface area (Å²) < 4.78 is 5.45. The van der Waals surface area contributed by atoms with Crippen LogP contribution >= 0.6 is 0 Å². The van der Waals surface area contributed by atoms with Crippen molar-refractivity contribution in [3.8, 4) is 0 Å². The van der Waals surface area contributed by atoms with E-state index in [9.17, 15) is 19.8 Å². The fourth-order valence-corrected chi connectivity index (χ4v) is 9.51. The van der Waals surface area contributed by atoms with Gasteiger partial charge < -0.3 is 20.3 Å². The molecule has 0 aliphatic rings. The number of nitrogens with one attached hydrogen (secondary N) is 1. The molecule has 0 radical (unpaired) electrons. The number of rotatable bonds is 57. The van der Waals surface area contributed by atoms with Gasteiger partial charge in [0.2, 0.25) is 5.91 Å². The molecule has 0 spiro atoms. The number of amides is 1. The maximum Gasteiger partial charge on any atom is 0.305 e. The van der Waals surface area contributed by atoms with E-state index in [2.05, 4.69) is 31.3 Å². The molecule has 3 N–H and O–H groups in total. The number of hydrogen-bond donors (Lipinski definition) is 3. The Labute approximate surface area is 424 Å². The van der Waals surface area contributed by atoms with Crippen molar-refractivity contribution < 1.29 is 24.5 Å². The predicted molar refractivity (Wildman–Crippen MR) is 296 cm³/mol. The van der Waals surface area contributed by atoms with Gasteiger partial charge in [0, 0.05) is 12.8 Å². The van der Waals surface area contributed by atoms with Crippen LogP contribution in [0.4, 0.5) is 0 Å². The van der Waals surface area contributed by atoms with Crippen molar-refractivity contribution in [2.45, 2.75) is 347 Å². The molecule has 0 bridgehead atoms. The van der Waals surface area contributed by atoms with Crippen LogP contribution in [0.25, 0.3) is 0 Å². The Kier molecular flexibility index (Phi) is 56.5. The SMILES string of the molecule is CCCCCCCCCCCCCCCCCCCCCCCC/C=C/C(O)C(CO)NC(=O)CCCCCCCCC/C=C\CCCCCCOC(=O)CCCCCCCCCCCCCC. The Balaban J connectivity index is 3.50. The second-order valence-corrected chi connectivity index (χ2v) is 21.0. The largest absolute Gasteiger partial charge is 0.466 e. The average Bonchev–Trinajstić information content (AvgIpc) is 3.34. The van der Waals surface area contributed by atoms with Crippen LogP contribution in [-0.4, -0.2) is 47.4 Å². The summed E-state index contributed by atoms with van der Waals surface area (Å²) in [4.78, 5) is 24.5. The standard InChI is InChI=1S/C62H119NO5/c1-3-5-7-9-11-13-15-17-18-19-20-21-22-23-24-25-26-28-31-34-38-42-46-50-54-60(65)59(58-64)63-61(66)55-51-47-43-39-35-32-29-27-30-33-37-41-45-49-53-57-68-62(67)56-52-48-44-40-36-16-14-12-10-8-6-4-2/h30,33,50,54,59-60,64-65H,3-29,31-32,34-49,51-53,55-58H2,1-2H3,(H,63,66)/b33-30-,54-50+. The number of allylic oxidation sites excluding steroid dienone is 3. The first-order chi connectivity index (χ1) is 33.5. The summed E-state index contributed by atoms with van der Waals surface area (Å²) in [5.41, 5.74) is 0. The number of esters is 1. The van der Waals surface area contributed by atoms with E-state index in [0.29, 0.717) is 19.4 Å². The van der Waals surface area contributed by atoms with E-state index in [1.165, 1.54) is 238 Å². The average molecular weight is 959 g/mol. The lowest BCUT2D eigenvalue weighted by atomic mass is 10.0. The van der Waals surface area contributed by atoms with Crippen LogP contribution in [0.5, 0.6) is 0 Å². The fraction of sp³-hybridized carbons (Fsp3) is 0.903. The summed E-state index contributed by atoms with van der Waals surface area (Å²) in [5.74, 6) is -0.0898. The molecule has 0 aromatic carbocycles. The van der Waals surface area contributed by atoms with Crippen LogP contribution in [0.1, 0.15) is 335 Å². The van der Waals surface area contributed by atoms with Crippen molar-refractivity contribution in [2.24, 2.45) is 0 Å². The molecule has 0 rings (SSSR count). The zero-order chi connectivity index (χ0) is 49.3. The summed E-state index contributed by atoms with van der Waals surface area (Å²) in [6.45, 7) is 4.89. The first kappa shape index (κ1) is 66.3. The first-order valence-corrected chi connectivity index (χ1v) is 30.6. The first-order valence-electron chi connectivity index (χ1n) is 30.6. The van der Waals surface area contributed by atoms with Gasteiger partial charge in [0.1, 0.15) is 0 Å². The van der Waals surface area contributed by atoms with Gasteiger partial charge in [0.15, 0.2) is 0 Å². The second-order valence-electron chi connectivity index (χ2n) is 21.0. The summed E-state index contributed by atoms with van der Waals surface area (Å²) in [6.07, 6.45) is 70.7. The number of hydrogen-bond acceptors (Lipinski definition) is 5. The zero-order valence-electron chi connectivity index (χ0n) is 45.9. The van der Waals surface area contributed by atoms with E-state index in [0.717, 1.165) is 70.6 Å². The Bertz CT molecular complexity index is 1060. The number of unbranched alkanes of at least 4 members (excludes halogenated alkanes) is 44. The van der Waals surface area contributed by atoms with Crippen molar-refractivity contribution in [1.82, 2.24) is 5.32 Å². The number of aliphatic hydroxyl groups is 2. The lowest BCUT2D eigenvalue weighted by Gasteiger charge is -2.20. The molecule has 0 saturated heterocycles. The van der Waals surface area contributed by atoms with Crippen molar-refractivity contribution in [1.29, 1.82) is 0 Å². The molecule has 2 atom stereocenters. The molecule has 2 unspecified atom stereocenters. The van der Waals surface area contributed by atoms with Crippen molar-refractivity contribution in [2.75, 3.05) is 13.2 Å². The molecule has 6 nitrogen and oxygen atoms in total. The Morgan fingerprint density at radius 3 is 1.04 bits per heavy atom. The fourth-order valence-electron chi connectivity index (χ4n) is 9.51. The van der Waals surface area contributed by atoms with Gasteiger partial charge in [-0.25, -0.2) is 0 Å². The molecule has 1 amide bonds. The topological polar surface area (TPSA) is 95.9 Å². The van der Waals surface area contributed by atoms with E-state index in [4.69, 9.17) is 4.74 Å². The molecule has 0 heterocycles. The number of ether oxygens (including phenoxy) is 1. The molecule has 0 aromatic heterocycles. The highest BCUT2D eigenvalue weighted by Crippen LogP contribution is 2.17. The molecule has 402 valence electrons. The number of aliphatic hydroxyl groups excluding tert-OH is 2. The van der Waals surface area contributed by atoms with Crippen LogP contribution < -0.4 is 5.32 Å². The second kappa shape index (κ2) is 57.9. The molecule has 0 aromatic rings. The lowest BCUT2D eigenvalue weighted by molar-refractivity contribution is -0.143. The van der Waals surface area contributed by atoms with Crippen LogP contribution in [0.3, 0.4) is 0 Å². The van der Waals surface area contributed by atoms with Gasteiger partial charge in [-0.3, -0.25) is 9.59 Å². The number of carbonyl (C=O) groups is 2. The normalized spacial score (nSPS) is 12.7. The quantitative estimate of drug-likeness (QED) is 0.0321. The monoisotopic (exact) mass is 958 g/mol. The van der Waals surface area contributed by atoms with Crippen molar-refractivity contribution >= 4 is 11.9 Å². The zero-order valence-corrected chi connectivity index (χ0v) is 45.9. The molecule has 68 heavy (non-hydrogen) atoms. The summed E-state index contributed by atoms with van der Waals surface area (Å²) in [6, 6.07) is -0.640. The Morgan fingerprint density at radius 1 is 0.397 bits per heavy atom. The molecule has 0 aliphatic carbocycles. The summed E-state index contributed by atoms with van der Waals surface area (Å²) >= 11 is 0. The maximum atomic E-state index is 12.5. The van der Waals surface area contributed by atoms with Crippen LogP contribution in [0.15, 0.2) is 24.3 Å². The van der Waals surface area contributed by atoms with Gasteiger partial charge in [-0.2, -0.15) is 0 Å². The molecule has 6 heteroatoms. The van der Waals surface area contributed by atoms with E-state index in [-0.39, 0.29) is 18.5 Å². The third-order valence-electron chi connectivity index (χ3n) is 14.2. The van der Waals surface area contributed by atoms with Crippen LogP contribution in [0.2, 0.25) is 0 Å². The van der Waals surface area contributed by atoms with Gasteiger partial charge in [0.25, 0.3) is 0 Å². The van der Waals surface area contributed by atoms with E-state index >= 15 is 0 Å². The van der Waals surface area contributed by atoms with Gasteiger partial charge in [-0.05, 0) is 57.8 Å². The van der Waals surface area contributed by atoms with Crippen molar-refractivity contribution in [3.63, 3.8) is 0 Å². The third kappa shape index (κ3) is 53.7. The third-order valence-corrected chi connectivity index (χ3v) is 14.2. The highest BCUT2D eigenvalue weighted by Gasteiger charge is 2.18. The molecule has 0 saturated carbocycles. The Morgan fingerprint density at radius 2 is 0.691 bits per heavy atom. The molecule has 0 fully saturated rings. The van der Waals surface area contributed by atoms with Crippen molar-refractivity contribution in [3.05, 3.63) is 24.3 Å². The highest BCUT2D eigenvalue weighted by molar-refractivity contribution is 5.76. The van der Waals surface area contributed by atoms with Crippen LogP contribution in [0, 0.1) is 0 Å². The lowest BCUT2D eigenvalue weighted by Crippen LogP contribution is -2.45. The molecular weight excluding hydrogens is 839 g/mol. The molecule has 0 aliphatic heterocycles. The van der Waals surface area contributed by atoms with Gasteiger partial charge >= 0.3 is 5.97 Å². The predicted octanol–water partition coefficient (Wildman–Crippen LogP) is 19.0. The van der Waals surface area contributed by atoms with Crippen LogP contribution in [-0.2, 0) is 14.3 Å². The van der Waals surface area contributed by atoms with E-state index in [1.807, 2.05) is 6.08 Å². The number of carbonyl (C=O) groups excluding carboxylic acids is 2. The molecular formula is C62H119NO5. The summed E-state index contributed by atoms with van der Waals surface area (Å²) in [7, 11) is 0. The summed E-state index contributed by atoms with van der Waals surface area (Å²) in [5, 5.41) is 23.2. The smallest absolute Gasteiger partial charge is 0.305 e. The van der Waals surface area contributed by atoms with Gasteiger partial charge in [-0.15, -0.1) is 0 Å². The van der Waals surface area contributed by atoms with Gasteiger partial charge in [-0.1, -0.05) is 289 Å². The van der Waals surface area contributed by atoms with E-state index in [1.54, 1.807) is 6.08 Å².